The standard InChI is InChI=1S/C9H13ClN2O3S2/c1-9(2)5(3-6(9)13)12-17(14,15)7-4-11-8(10)16-7/h4-6,12-13H,3H2,1-2H3. The summed E-state index contributed by atoms with van der Waals surface area (Å²) < 4.78 is 26.8. The molecule has 1 aliphatic rings. The van der Waals surface area contributed by atoms with Gasteiger partial charge in [-0.05, 0) is 6.42 Å². The molecule has 1 aromatic heterocycles. The molecule has 2 unspecified atom stereocenters. The van der Waals surface area contributed by atoms with Gasteiger partial charge in [-0.2, -0.15) is 0 Å². The van der Waals surface area contributed by atoms with E-state index in [9.17, 15) is 13.5 Å². The van der Waals surface area contributed by atoms with E-state index in [-0.39, 0.29) is 14.7 Å². The van der Waals surface area contributed by atoms with E-state index < -0.39 is 21.5 Å². The number of nitrogens with one attached hydrogen (secondary N) is 1. The number of sulfonamides is 1. The summed E-state index contributed by atoms with van der Waals surface area (Å²) in [5.41, 5.74) is -0.443. The van der Waals surface area contributed by atoms with Crippen LogP contribution < -0.4 is 4.72 Å². The minimum Gasteiger partial charge on any atom is -0.392 e. The highest BCUT2D eigenvalue weighted by atomic mass is 35.5. The first-order valence-electron chi connectivity index (χ1n) is 5.05. The summed E-state index contributed by atoms with van der Waals surface area (Å²) >= 11 is 6.52. The van der Waals surface area contributed by atoms with E-state index in [1.165, 1.54) is 6.20 Å². The van der Waals surface area contributed by atoms with Gasteiger partial charge in [0.05, 0.1) is 12.3 Å². The fraction of sp³-hybridized carbons (Fsp3) is 0.667. The number of halogens is 1. The van der Waals surface area contributed by atoms with Crippen molar-refractivity contribution in [2.24, 2.45) is 5.41 Å². The van der Waals surface area contributed by atoms with Crippen molar-refractivity contribution in [2.75, 3.05) is 0 Å². The lowest BCUT2D eigenvalue weighted by molar-refractivity contribution is -0.0645. The Bertz CT molecular complexity index is 526. The lowest BCUT2D eigenvalue weighted by Gasteiger charge is -2.49. The molecule has 8 heteroatoms. The monoisotopic (exact) mass is 296 g/mol. The highest BCUT2D eigenvalue weighted by molar-refractivity contribution is 7.91. The van der Waals surface area contributed by atoms with Crippen molar-refractivity contribution in [2.45, 2.75) is 36.6 Å². The predicted octanol–water partition coefficient (Wildman–Crippen LogP) is 1.23. The molecule has 0 aromatic carbocycles. The molecule has 0 spiro atoms. The Balaban J connectivity index is 2.15. The molecule has 17 heavy (non-hydrogen) atoms. The molecule has 2 rings (SSSR count). The molecule has 1 heterocycles. The largest absolute Gasteiger partial charge is 0.392 e. The summed E-state index contributed by atoms with van der Waals surface area (Å²) in [4.78, 5) is 3.70. The van der Waals surface area contributed by atoms with Gasteiger partial charge >= 0.3 is 0 Å². The molecule has 0 bridgehead atoms. The smallest absolute Gasteiger partial charge is 0.251 e. The number of hydrogen-bond acceptors (Lipinski definition) is 5. The number of thiazole rings is 1. The van der Waals surface area contributed by atoms with Crippen LogP contribution in [0.5, 0.6) is 0 Å². The first-order valence-corrected chi connectivity index (χ1v) is 7.73. The molecular weight excluding hydrogens is 284 g/mol. The molecule has 0 amide bonds. The molecule has 5 nitrogen and oxygen atoms in total. The predicted molar refractivity (Wildman–Crippen MR) is 65.6 cm³/mol. The number of rotatable bonds is 3. The van der Waals surface area contributed by atoms with Crippen LogP contribution in [0.3, 0.4) is 0 Å². The minimum absolute atomic E-state index is 0.0969. The minimum atomic E-state index is -3.58. The molecule has 2 atom stereocenters. The Morgan fingerprint density at radius 3 is 2.71 bits per heavy atom. The van der Waals surface area contributed by atoms with Gasteiger partial charge in [-0.25, -0.2) is 18.1 Å². The number of aliphatic hydroxyl groups is 1. The summed E-state index contributed by atoms with van der Waals surface area (Å²) in [7, 11) is -3.58. The second kappa shape index (κ2) is 4.17. The van der Waals surface area contributed by atoms with Gasteiger partial charge in [0, 0.05) is 11.5 Å². The molecule has 1 aliphatic carbocycles. The van der Waals surface area contributed by atoms with Crippen LogP contribution in [0.1, 0.15) is 20.3 Å². The van der Waals surface area contributed by atoms with Gasteiger partial charge in [0.2, 0.25) is 0 Å². The highest BCUT2D eigenvalue weighted by Crippen LogP contribution is 2.41. The molecular formula is C9H13ClN2O3S2. The third kappa shape index (κ3) is 2.34. The van der Waals surface area contributed by atoms with Crippen molar-refractivity contribution in [1.82, 2.24) is 9.71 Å². The van der Waals surface area contributed by atoms with Crippen LogP contribution >= 0.6 is 22.9 Å². The summed E-state index contributed by atoms with van der Waals surface area (Å²) in [6, 6.07) is -0.261. The quantitative estimate of drug-likeness (QED) is 0.879. The van der Waals surface area contributed by atoms with Crippen molar-refractivity contribution in [1.29, 1.82) is 0 Å². The average molecular weight is 297 g/mol. The van der Waals surface area contributed by atoms with Crippen molar-refractivity contribution in [3.63, 3.8) is 0 Å². The highest BCUT2D eigenvalue weighted by Gasteiger charge is 2.49. The van der Waals surface area contributed by atoms with Gasteiger partial charge < -0.3 is 5.11 Å². The number of aliphatic hydroxyl groups excluding tert-OH is 1. The summed E-state index contributed by atoms with van der Waals surface area (Å²) in [5.74, 6) is 0. The summed E-state index contributed by atoms with van der Waals surface area (Å²) in [6.07, 6.45) is 1.19. The fourth-order valence-electron chi connectivity index (χ4n) is 1.71. The summed E-state index contributed by atoms with van der Waals surface area (Å²) in [5, 5.41) is 9.55. The number of hydrogen-bond donors (Lipinski definition) is 2. The molecule has 1 saturated carbocycles. The zero-order valence-corrected chi connectivity index (χ0v) is 11.7. The zero-order valence-electron chi connectivity index (χ0n) is 9.34. The molecule has 0 saturated heterocycles. The van der Waals surface area contributed by atoms with Crippen LogP contribution in [-0.2, 0) is 10.0 Å². The van der Waals surface area contributed by atoms with Crippen molar-refractivity contribution in [3.8, 4) is 0 Å². The van der Waals surface area contributed by atoms with Gasteiger partial charge in [-0.3, -0.25) is 0 Å². The Morgan fingerprint density at radius 2 is 2.29 bits per heavy atom. The molecule has 0 aliphatic heterocycles. The van der Waals surface area contributed by atoms with E-state index in [1.54, 1.807) is 0 Å². The fourth-order valence-corrected chi connectivity index (χ4v) is 4.43. The topological polar surface area (TPSA) is 79.3 Å². The van der Waals surface area contributed by atoms with Crippen LogP contribution in [0, 0.1) is 5.41 Å². The van der Waals surface area contributed by atoms with Crippen molar-refractivity contribution in [3.05, 3.63) is 10.7 Å². The van der Waals surface area contributed by atoms with Crippen LogP contribution in [0.4, 0.5) is 0 Å². The van der Waals surface area contributed by atoms with Crippen LogP contribution in [0.25, 0.3) is 0 Å². The van der Waals surface area contributed by atoms with Crippen LogP contribution in [0.2, 0.25) is 4.47 Å². The van der Waals surface area contributed by atoms with Crippen molar-refractivity contribution >= 4 is 33.0 Å². The molecule has 1 fully saturated rings. The number of nitrogens with zero attached hydrogens (tertiary/aromatic N) is 1. The van der Waals surface area contributed by atoms with E-state index >= 15 is 0 Å². The molecule has 1 aromatic rings. The maximum atomic E-state index is 12.0. The van der Waals surface area contributed by atoms with E-state index in [0.717, 1.165) is 11.3 Å². The maximum Gasteiger partial charge on any atom is 0.251 e. The van der Waals surface area contributed by atoms with Gasteiger partial charge in [-0.1, -0.05) is 36.8 Å². The normalized spacial score (nSPS) is 27.8. The Hall–Kier alpha value is -0.210. The first kappa shape index (κ1) is 13.2. The van der Waals surface area contributed by atoms with Crippen LogP contribution in [0.15, 0.2) is 10.4 Å². The maximum absolute atomic E-state index is 12.0. The molecule has 2 N–H and O–H groups in total. The van der Waals surface area contributed by atoms with Crippen LogP contribution in [-0.4, -0.2) is 30.7 Å². The Morgan fingerprint density at radius 1 is 1.65 bits per heavy atom. The zero-order chi connectivity index (χ0) is 12.8. The van der Waals surface area contributed by atoms with E-state index in [1.807, 2.05) is 13.8 Å². The molecule has 0 radical (unpaired) electrons. The molecule has 96 valence electrons. The van der Waals surface area contributed by atoms with Gasteiger partial charge in [0.15, 0.2) is 8.68 Å². The average Bonchev–Trinajstić information content (AvgIpc) is 2.65. The lowest BCUT2D eigenvalue weighted by atomic mass is 9.65. The Kier molecular flexibility index (Phi) is 3.24. The SMILES string of the molecule is CC1(C)C(O)CC1NS(=O)(=O)c1cnc(Cl)s1. The van der Waals surface area contributed by atoms with E-state index in [0.29, 0.717) is 6.42 Å². The third-order valence-corrected chi connectivity index (χ3v) is 6.28. The van der Waals surface area contributed by atoms with E-state index in [4.69, 9.17) is 11.6 Å². The number of aromatic nitrogens is 1. The lowest BCUT2D eigenvalue weighted by Crippen LogP contribution is -2.60. The van der Waals surface area contributed by atoms with Crippen molar-refractivity contribution < 1.29 is 13.5 Å². The second-order valence-corrected chi connectivity index (χ2v) is 8.23. The second-order valence-electron chi connectivity index (χ2n) is 4.68. The Labute approximate surface area is 109 Å². The third-order valence-electron chi connectivity index (χ3n) is 3.23. The van der Waals surface area contributed by atoms with Gasteiger partial charge in [0.25, 0.3) is 10.0 Å². The van der Waals surface area contributed by atoms with E-state index in [2.05, 4.69) is 9.71 Å². The summed E-state index contributed by atoms with van der Waals surface area (Å²) in [6.45, 7) is 3.65. The van der Waals surface area contributed by atoms with Gasteiger partial charge in [-0.15, -0.1) is 0 Å². The van der Waals surface area contributed by atoms with Gasteiger partial charge in [0.1, 0.15) is 0 Å². The first-order chi connectivity index (χ1) is 7.73.